The molecule has 0 aliphatic heterocycles. The van der Waals surface area contributed by atoms with Crippen molar-refractivity contribution in [3.8, 4) is 0 Å². The number of carbonyl (C=O) groups is 1. The predicted octanol–water partition coefficient (Wildman–Crippen LogP) is 1.97. The zero-order valence-corrected chi connectivity index (χ0v) is 21.6. The Hall–Kier alpha value is -2.95. The van der Waals surface area contributed by atoms with E-state index in [-0.39, 0.29) is 42.6 Å². The van der Waals surface area contributed by atoms with E-state index < -0.39 is 9.85 Å². The van der Waals surface area contributed by atoms with Gasteiger partial charge >= 0.3 is 5.97 Å². The summed E-state index contributed by atoms with van der Waals surface area (Å²) in [5.41, 5.74) is -0.531. The van der Waals surface area contributed by atoms with Crippen molar-refractivity contribution in [2.24, 2.45) is 0 Å². The highest BCUT2D eigenvalue weighted by atomic mass is 16.6. The Labute approximate surface area is 220 Å². The summed E-state index contributed by atoms with van der Waals surface area (Å²) in [5.74, 6) is -0.272. The molecule has 0 amide bonds. The lowest BCUT2D eigenvalue weighted by Crippen LogP contribution is -2.15. The van der Waals surface area contributed by atoms with E-state index in [0.717, 1.165) is 6.07 Å². The van der Waals surface area contributed by atoms with E-state index in [0.29, 0.717) is 79.3 Å². The fraction of sp³-hybridized carbons (Fsp3) is 0.696. The lowest BCUT2D eigenvalue weighted by Gasteiger charge is -2.09. The van der Waals surface area contributed by atoms with Crippen LogP contribution in [0.15, 0.2) is 18.2 Å². The van der Waals surface area contributed by atoms with Crippen molar-refractivity contribution < 1.29 is 47.8 Å². The van der Waals surface area contributed by atoms with Crippen LogP contribution in [-0.4, -0.2) is 108 Å². The number of nitrogens with zero attached hydrogens (tertiary/aromatic N) is 2. The lowest BCUT2D eigenvalue weighted by molar-refractivity contribution is -0.393. The van der Waals surface area contributed by atoms with Crippen molar-refractivity contribution >= 4 is 23.0 Å². The van der Waals surface area contributed by atoms with E-state index in [1.165, 1.54) is 12.1 Å². The van der Waals surface area contributed by atoms with Crippen LogP contribution in [0.25, 0.3) is 0 Å². The summed E-state index contributed by atoms with van der Waals surface area (Å²) in [5, 5.41) is 24.7. The third kappa shape index (κ3) is 16.7. The van der Waals surface area contributed by atoms with Gasteiger partial charge in [0.2, 0.25) is 0 Å². The Morgan fingerprint density at radius 3 is 1.66 bits per heavy atom. The summed E-state index contributed by atoms with van der Waals surface area (Å²) >= 11 is 0. The van der Waals surface area contributed by atoms with Gasteiger partial charge in [0.05, 0.1) is 108 Å². The number of hydrogen-bond donors (Lipinski definition) is 1. The minimum atomic E-state index is -0.685. The second-order valence-electron chi connectivity index (χ2n) is 7.37. The van der Waals surface area contributed by atoms with Crippen LogP contribution in [0.1, 0.15) is 13.3 Å². The van der Waals surface area contributed by atoms with Crippen LogP contribution in [-0.2, 0) is 38.0 Å². The maximum absolute atomic E-state index is 11.1. The van der Waals surface area contributed by atoms with Gasteiger partial charge in [-0.2, -0.15) is 0 Å². The molecule has 0 aromatic heterocycles. The van der Waals surface area contributed by atoms with Crippen LogP contribution >= 0.6 is 0 Å². The number of carbonyl (C=O) groups excluding carboxylic acids is 1. The third-order valence-electron chi connectivity index (χ3n) is 4.57. The van der Waals surface area contributed by atoms with Crippen LogP contribution in [0, 0.1) is 20.2 Å². The van der Waals surface area contributed by atoms with Gasteiger partial charge in [0.15, 0.2) is 0 Å². The highest BCUT2D eigenvalue weighted by Gasteiger charge is 2.19. The quantitative estimate of drug-likeness (QED) is 0.0813. The molecule has 15 nitrogen and oxygen atoms in total. The molecule has 1 aromatic carbocycles. The molecular formula is C23H37N3O12. The van der Waals surface area contributed by atoms with E-state index in [1.54, 1.807) is 6.92 Å². The van der Waals surface area contributed by atoms with Gasteiger partial charge in [-0.15, -0.1) is 0 Å². The Bertz CT molecular complexity index is 812. The standard InChI is InChI=1S/C23H37N3O12/c1-2-38-23(27)5-7-32-9-11-34-13-15-36-17-18-37-16-14-35-12-10-33-8-6-24-21-4-3-20(25(28)29)19-22(21)26(30)31/h3-4,19,24H,2,5-18H2,1H3. The van der Waals surface area contributed by atoms with E-state index in [4.69, 9.17) is 33.2 Å². The van der Waals surface area contributed by atoms with Crippen molar-refractivity contribution in [3.63, 3.8) is 0 Å². The van der Waals surface area contributed by atoms with Crippen molar-refractivity contribution in [1.82, 2.24) is 0 Å². The number of hydrogen-bond acceptors (Lipinski definition) is 13. The highest BCUT2D eigenvalue weighted by molar-refractivity contribution is 5.69. The van der Waals surface area contributed by atoms with Crippen molar-refractivity contribution in [3.05, 3.63) is 38.4 Å². The minimum Gasteiger partial charge on any atom is -0.466 e. The molecule has 216 valence electrons. The Balaban J connectivity index is 1.85. The van der Waals surface area contributed by atoms with Crippen LogP contribution in [0.2, 0.25) is 0 Å². The molecule has 0 atom stereocenters. The number of non-ortho nitro benzene ring substituents is 1. The van der Waals surface area contributed by atoms with Gasteiger partial charge in [0, 0.05) is 12.6 Å². The van der Waals surface area contributed by atoms with Crippen LogP contribution in [0.4, 0.5) is 17.1 Å². The molecular weight excluding hydrogens is 510 g/mol. The molecule has 0 fully saturated rings. The number of rotatable bonds is 25. The monoisotopic (exact) mass is 547 g/mol. The molecule has 0 aliphatic carbocycles. The average Bonchev–Trinajstić information content (AvgIpc) is 2.89. The molecule has 0 unspecified atom stereocenters. The van der Waals surface area contributed by atoms with Crippen molar-refractivity contribution in [2.75, 3.05) is 97.8 Å². The number of nitrogens with one attached hydrogen (secondary N) is 1. The summed E-state index contributed by atoms with van der Waals surface area (Å²) in [7, 11) is 0. The van der Waals surface area contributed by atoms with Gasteiger partial charge < -0.3 is 38.5 Å². The molecule has 38 heavy (non-hydrogen) atoms. The summed E-state index contributed by atoms with van der Waals surface area (Å²) in [4.78, 5) is 31.6. The highest BCUT2D eigenvalue weighted by Crippen LogP contribution is 2.28. The normalized spacial score (nSPS) is 10.9. The number of nitro benzene ring substituents is 2. The zero-order chi connectivity index (χ0) is 27.8. The molecule has 15 heteroatoms. The SMILES string of the molecule is CCOC(=O)CCOCCOCCOCCOCCOCCOCCNc1ccc([N+](=O)[O-])cc1[N+](=O)[O-]. The van der Waals surface area contributed by atoms with Crippen molar-refractivity contribution in [1.29, 1.82) is 0 Å². The largest absolute Gasteiger partial charge is 0.466 e. The second kappa shape index (κ2) is 22.1. The maximum atomic E-state index is 11.1. The molecule has 0 aliphatic rings. The minimum absolute atomic E-state index is 0.183. The molecule has 0 radical (unpaired) electrons. The van der Waals surface area contributed by atoms with Crippen LogP contribution in [0.3, 0.4) is 0 Å². The molecule has 0 spiro atoms. The van der Waals surface area contributed by atoms with Crippen LogP contribution in [0.5, 0.6) is 0 Å². The number of esters is 1. The second-order valence-corrected chi connectivity index (χ2v) is 7.37. The molecule has 1 rings (SSSR count). The molecule has 0 bridgehead atoms. The van der Waals surface area contributed by atoms with Gasteiger partial charge in [0.25, 0.3) is 11.4 Å². The summed E-state index contributed by atoms with van der Waals surface area (Å²) < 4.78 is 37.0. The molecule has 1 aromatic rings. The van der Waals surface area contributed by atoms with E-state index >= 15 is 0 Å². The van der Waals surface area contributed by atoms with Gasteiger partial charge in [-0.1, -0.05) is 0 Å². The van der Waals surface area contributed by atoms with E-state index in [1.807, 2.05) is 0 Å². The number of nitro groups is 2. The van der Waals surface area contributed by atoms with Crippen molar-refractivity contribution in [2.45, 2.75) is 13.3 Å². The average molecular weight is 548 g/mol. The first-order valence-electron chi connectivity index (χ1n) is 12.2. The Morgan fingerprint density at radius 2 is 1.21 bits per heavy atom. The van der Waals surface area contributed by atoms with Crippen LogP contribution < -0.4 is 5.32 Å². The zero-order valence-electron chi connectivity index (χ0n) is 21.6. The number of benzene rings is 1. The first-order valence-corrected chi connectivity index (χ1v) is 12.2. The smallest absolute Gasteiger partial charge is 0.308 e. The Morgan fingerprint density at radius 1 is 0.737 bits per heavy atom. The maximum Gasteiger partial charge on any atom is 0.308 e. The number of ether oxygens (including phenoxy) is 7. The topological polar surface area (TPSA) is 180 Å². The van der Waals surface area contributed by atoms with Gasteiger partial charge in [-0.3, -0.25) is 25.0 Å². The summed E-state index contributed by atoms with van der Waals surface area (Å²) in [6, 6.07) is 3.41. The van der Waals surface area contributed by atoms with Gasteiger partial charge in [0.1, 0.15) is 5.69 Å². The molecule has 0 heterocycles. The Kier molecular flexibility index (Phi) is 19.2. The fourth-order valence-corrected chi connectivity index (χ4v) is 2.78. The van der Waals surface area contributed by atoms with E-state index in [9.17, 15) is 25.0 Å². The lowest BCUT2D eigenvalue weighted by atomic mass is 10.2. The number of anilines is 1. The molecule has 0 saturated heterocycles. The predicted molar refractivity (Wildman–Crippen MR) is 134 cm³/mol. The van der Waals surface area contributed by atoms with E-state index in [2.05, 4.69) is 5.32 Å². The van der Waals surface area contributed by atoms with Gasteiger partial charge in [-0.25, -0.2) is 0 Å². The first-order chi connectivity index (χ1) is 18.5. The summed E-state index contributed by atoms with van der Waals surface area (Å²) in [6.07, 6.45) is 0.233. The molecule has 1 N–H and O–H groups in total. The third-order valence-corrected chi connectivity index (χ3v) is 4.57. The first kappa shape index (κ1) is 33.1. The summed E-state index contributed by atoms with van der Waals surface area (Å²) in [6.45, 7) is 7.06. The fourth-order valence-electron chi connectivity index (χ4n) is 2.78. The van der Waals surface area contributed by atoms with Gasteiger partial charge in [-0.05, 0) is 13.0 Å². The molecule has 0 saturated carbocycles.